The fourth-order valence-corrected chi connectivity index (χ4v) is 1.32. The van der Waals surface area contributed by atoms with Crippen LogP contribution in [0.1, 0.15) is 40.0 Å². The zero-order valence-electron chi connectivity index (χ0n) is 12.9. The molecule has 0 fully saturated rings. The number of hydrogen-bond acceptors (Lipinski definition) is 1. The summed E-state index contributed by atoms with van der Waals surface area (Å²) in [4.78, 5) is 11.4. The fourth-order valence-electron chi connectivity index (χ4n) is 1.32. The van der Waals surface area contributed by atoms with Crippen molar-refractivity contribution in [2.75, 3.05) is 0 Å². The van der Waals surface area contributed by atoms with Crippen molar-refractivity contribution < 1.29 is 4.79 Å². The second-order valence-corrected chi connectivity index (χ2v) is 4.52. The molecule has 0 saturated carbocycles. The molecular weight excluding hydrogens is 246 g/mol. The highest BCUT2D eigenvalue weighted by atomic mass is 16.1. The summed E-state index contributed by atoms with van der Waals surface area (Å²) < 4.78 is 0. The number of nitrogens with one attached hydrogen (secondary N) is 1. The summed E-state index contributed by atoms with van der Waals surface area (Å²) in [6.45, 7) is 6.05. The van der Waals surface area contributed by atoms with E-state index in [4.69, 9.17) is 0 Å². The van der Waals surface area contributed by atoms with E-state index >= 15 is 0 Å². The van der Waals surface area contributed by atoms with Crippen LogP contribution in [-0.2, 0) is 4.79 Å². The van der Waals surface area contributed by atoms with Gasteiger partial charge in [0.05, 0.1) is 0 Å². The molecule has 1 amide bonds. The van der Waals surface area contributed by atoms with Crippen LogP contribution in [0, 0.1) is 0 Å². The normalized spacial score (nSPS) is 14.3. The molecule has 0 aliphatic rings. The van der Waals surface area contributed by atoms with Crippen molar-refractivity contribution in [1.82, 2.24) is 5.32 Å². The molecule has 0 spiro atoms. The van der Waals surface area contributed by atoms with Gasteiger partial charge in [0, 0.05) is 12.1 Å². The minimum absolute atomic E-state index is 0.0296. The van der Waals surface area contributed by atoms with E-state index in [1.807, 2.05) is 50.3 Å². The van der Waals surface area contributed by atoms with E-state index in [1.165, 1.54) is 0 Å². The van der Waals surface area contributed by atoms with Crippen LogP contribution in [0.3, 0.4) is 0 Å². The Kier molecular flexibility index (Phi) is 12.4. The monoisotopic (exact) mass is 273 g/mol. The number of amides is 1. The Morgan fingerprint density at radius 1 is 1.00 bits per heavy atom. The third-order valence-electron chi connectivity index (χ3n) is 2.66. The SMILES string of the molecule is C/C=C/C=C/C=C\CC/C=C/C=C/C(=O)N[C@@H](C)CC. The molecule has 0 aliphatic carbocycles. The van der Waals surface area contributed by atoms with Crippen LogP contribution in [-0.4, -0.2) is 11.9 Å². The Morgan fingerprint density at radius 2 is 1.60 bits per heavy atom. The average Bonchev–Trinajstić information content (AvgIpc) is 2.44. The van der Waals surface area contributed by atoms with Crippen LogP contribution in [0.5, 0.6) is 0 Å². The number of hydrogen-bond donors (Lipinski definition) is 1. The van der Waals surface area contributed by atoms with E-state index in [2.05, 4.69) is 24.4 Å². The molecule has 0 bridgehead atoms. The molecule has 0 unspecified atom stereocenters. The summed E-state index contributed by atoms with van der Waals surface area (Å²) in [6, 6.07) is 0.233. The van der Waals surface area contributed by atoms with Crippen molar-refractivity contribution in [2.24, 2.45) is 0 Å². The van der Waals surface area contributed by atoms with E-state index in [0.29, 0.717) is 0 Å². The van der Waals surface area contributed by atoms with Crippen molar-refractivity contribution in [3.63, 3.8) is 0 Å². The summed E-state index contributed by atoms with van der Waals surface area (Å²) in [5.41, 5.74) is 0. The number of carbonyl (C=O) groups is 1. The second-order valence-electron chi connectivity index (χ2n) is 4.52. The third kappa shape index (κ3) is 12.6. The highest BCUT2D eigenvalue weighted by molar-refractivity contribution is 5.87. The zero-order valence-corrected chi connectivity index (χ0v) is 12.9. The van der Waals surface area contributed by atoms with Gasteiger partial charge in [-0.3, -0.25) is 4.79 Å². The number of allylic oxidation sites excluding steroid dienone is 9. The number of unbranched alkanes of at least 4 members (excludes halogenated alkanes) is 1. The number of carbonyl (C=O) groups excluding carboxylic acids is 1. The highest BCUT2D eigenvalue weighted by Crippen LogP contribution is 1.94. The van der Waals surface area contributed by atoms with Crippen molar-refractivity contribution >= 4 is 5.91 Å². The van der Waals surface area contributed by atoms with Gasteiger partial charge in [-0.25, -0.2) is 0 Å². The maximum atomic E-state index is 11.4. The molecule has 2 nitrogen and oxygen atoms in total. The molecule has 2 heteroatoms. The lowest BCUT2D eigenvalue weighted by Crippen LogP contribution is -2.30. The Bertz CT molecular complexity index is 386. The van der Waals surface area contributed by atoms with Crippen LogP contribution in [0.4, 0.5) is 0 Å². The van der Waals surface area contributed by atoms with Gasteiger partial charge in [-0.05, 0) is 33.1 Å². The molecule has 1 atom stereocenters. The van der Waals surface area contributed by atoms with Gasteiger partial charge in [0.15, 0.2) is 0 Å². The molecule has 0 aliphatic heterocycles. The van der Waals surface area contributed by atoms with Crippen molar-refractivity contribution in [3.05, 3.63) is 60.8 Å². The summed E-state index contributed by atoms with van der Waals surface area (Å²) in [6.07, 6.45) is 22.5. The number of rotatable bonds is 9. The molecule has 0 heterocycles. The van der Waals surface area contributed by atoms with Gasteiger partial charge < -0.3 is 5.32 Å². The average molecular weight is 273 g/mol. The minimum Gasteiger partial charge on any atom is -0.350 e. The lowest BCUT2D eigenvalue weighted by molar-refractivity contribution is -0.117. The predicted octanol–water partition coefficient (Wildman–Crippen LogP) is 4.48. The molecule has 20 heavy (non-hydrogen) atoms. The lowest BCUT2D eigenvalue weighted by atomic mass is 10.2. The Hall–Kier alpha value is -1.83. The smallest absolute Gasteiger partial charge is 0.244 e. The van der Waals surface area contributed by atoms with Gasteiger partial charge >= 0.3 is 0 Å². The molecule has 0 radical (unpaired) electrons. The first kappa shape index (κ1) is 18.2. The van der Waals surface area contributed by atoms with Crippen molar-refractivity contribution in [3.8, 4) is 0 Å². The first-order valence-corrected chi connectivity index (χ1v) is 7.28. The Morgan fingerprint density at radius 3 is 2.20 bits per heavy atom. The van der Waals surface area contributed by atoms with E-state index in [9.17, 15) is 4.79 Å². The molecule has 110 valence electrons. The Labute approximate surface area is 123 Å². The summed E-state index contributed by atoms with van der Waals surface area (Å²) in [5, 5.41) is 2.88. The fraction of sp³-hybridized carbons (Fsp3) is 0.389. The Balaban J connectivity index is 3.73. The van der Waals surface area contributed by atoms with E-state index < -0.39 is 0 Å². The van der Waals surface area contributed by atoms with Gasteiger partial charge in [0.2, 0.25) is 5.91 Å². The molecular formula is C18H27NO. The molecule has 0 rings (SSSR count). The maximum absolute atomic E-state index is 11.4. The van der Waals surface area contributed by atoms with Crippen molar-refractivity contribution in [1.29, 1.82) is 0 Å². The standard InChI is InChI=1S/C18H27NO/c1-4-6-7-8-9-10-11-12-13-14-15-16-18(20)19-17(3)5-2/h4,6-10,13-17H,5,11-12H2,1-3H3,(H,19,20)/b6-4+,8-7+,10-9-,14-13+,16-15+/t17-/m0/s1. The topological polar surface area (TPSA) is 29.1 Å². The largest absolute Gasteiger partial charge is 0.350 e. The molecule has 1 N–H and O–H groups in total. The molecule has 0 aromatic rings. The van der Waals surface area contributed by atoms with Gasteiger partial charge in [0.25, 0.3) is 0 Å². The minimum atomic E-state index is -0.0296. The summed E-state index contributed by atoms with van der Waals surface area (Å²) >= 11 is 0. The van der Waals surface area contributed by atoms with Gasteiger partial charge in [-0.2, -0.15) is 0 Å². The first-order chi connectivity index (χ1) is 9.70. The van der Waals surface area contributed by atoms with E-state index in [0.717, 1.165) is 19.3 Å². The van der Waals surface area contributed by atoms with Gasteiger partial charge in [-0.15, -0.1) is 0 Å². The molecule has 0 aromatic carbocycles. The van der Waals surface area contributed by atoms with Gasteiger partial charge in [-0.1, -0.05) is 61.6 Å². The van der Waals surface area contributed by atoms with Crippen LogP contribution < -0.4 is 5.32 Å². The van der Waals surface area contributed by atoms with Crippen molar-refractivity contribution in [2.45, 2.75) is 46.1 Å². The third-order valence-corrected chi connectivity index (χ3v) is 2.66. The van der Waals surface area contributed by atoms with E-state index in [1.54, 1.807) is 12.2 Å². The lowest BCUT2D eigenvalue weighted by Gasteiger charge is -2.07. The zero-order chi connectivity index (χ0) is 15.1. The van der Waals surface area contributed by atoms with Gasteiger partial charge in [0.1, 0.15) is 0 Å². The molecule has 0 aromatic heterocycles. The first-order valence-electron chi connectivity index (χ1n) is 7.28. The van der Waals surface area contributed by atoms with Crippen LogP contribution in [0.15, 0.2) is 60.8 Å². The molecule has 0 saturated heterocycles. The maximum Gasteiger partial charge on any atom is 0.244 e. The highest BCUT2D eigenvalue weighted by Gasteiger charge is 1.99. The second kappa shape index (κ2) is 13.6. The predicted molar refractivity (Wildman–Crippen MR) is 88.5 cm³/mol. The van der Waals surface area contributed by atoms with E-state index in [-0.39, 0.29) is 11.9 Å². The van der Waals surface area contributed by atoms with Crippen LogP contribution >= 0.6 is 0 Å². The van der Waals surface area contributed by atoms with Crippen LogP contribution in [0.25, 0.3) is 0 Å². The van der Waals surface area contributed by atoms with Crippen LogP contribution in [0.2, 0.25) is 0 Å². The quantitative estimate of drug-likeness (QED) is 0.374. The summed E-state index contributed by atoms with van der Waals surface area (Å²) in [7, 11) is 0. The summed E-state index contributed by atoms with van der Waals surface area (Å²) in [5.74, 6) is -0.0296.